The highest BCUT2D eigenvalue weighted by molar-refractivity contribution is 9.10. The van der Waals surface area contributed by atoms with E-state index < -0.39 is 88.0 Å². The number of hydrogen-bond donors (Lipinski definition) is 2. The number of nitrogens with one attached hydrogen (secondary N) is 1. The van der Waals surface area contributed by atoms with Crippen molar-refractivity contribution in [3.05, 3.63) is 22.2 Å². The predicted molar refractivity (Wildman–Crippen MR) is 134 cm³/mol. The van der Waals surface area contributed by atoms with Crippen molar-refractivity contribution in [1.29, 1.82) is 0 Å². The van der Waals surface area contributed by atoms with Crippen LogP contribution in [-0.4, -0.2) is 88.3 Å². The monoisotopic (exact) mass is 693 g/mol. The lowest BCUT2D eigenvalue weighted by Crippen LogP contribution is -2.49. The first-order valence-corrected chi connectivity index (χ1v) is 14.2. The molecule has 2 rings (SSSR count). The number of amides is 1. The van der Waals surface area contributed by atoms with E-state index in [2.05, 4.69) is 26.0 Å². The molecule has 1 aliphatic rings. The van der Waals surface area contributed by atoms with E-state index >= 15 is 0 Å². The van der Waals surface area contributed by atoms with Crippen LogP contribution in [0.25, 0.3) is 0 Å². The molecule has 3 unspecified atom stereocenters. The first-order chi connectivity index (χ1) is 19.5. The van der Waals surface area contributed by atoms with E-state index in [9.17, 15) is 45.3 Å². The Morgan fingerprint density at radius 1 is 1.07 bits per heavy atom. The Bertz CT molecular complexity index is 1260. The van der Waals surface area contributed by atoms with E-state index in [1.54, 1.807) is 0 Å². The largest absolute Gasteiger partial charge is 0.463 e. The van der Waals surface area contributed by atoms with Crippen LogP contribution in [0.1, 0.15) is 32.3 Å². The molecule has 1 fully saturated rings. The minimum Gasteiger partial charge on any atom is -0.463 e. The fraction of sp³-hybridized carbons (Fsp3) is 0.565. The molecule has 1 saturated heterocycles. The Labute approximate surface area is 245 Å². The van der Waals surface area contributed by atoms with Crippen LogP contribution in [-0.2, 0) is 59.2 Å². The number of benzene rings is 1. The van der Waals surface area contributed by atoms with Gasteiger partial charge in [-0.3, -0.25) is 18.9 Å². The summed E-state index contributed by atoms with van der Waals surface area (Å²) in [5, 5.41) is 2.52. The molecule has 14 nitrogen and oxygen atoms in total. The summed E-state index contributed by atoms with van der Waals surface area (Å²) in [6.07, 6.45) is -6.91. The fourth-order valence-electron chi connectivity index (χ4n) is 3.59. The third-order valence-corrected chi connectivity index (χ3v) is 6.45. The average Bonchev–Trinajstić information content (AvgIpc) is 2.83. The smallest absolute Gasteiger partial charge is 0.420 e. The Balaban J connectivity index is 1.81. The Morgan fingerprint density at radius 2 is 1.71 bits per heavy atom. The molecule has 2 N–H and O–H groups in total. The van der Waals surface area contributed by atoms with Gasteiger partial charge in [-0.2, -0.15) is 21.6 Å². The zero-order valence-electron chi connectivity index (χ0n) is 22.1. The number of halogens is 4. The molecule has 0 aliphatic carbocycles. The second-order valence-electron chi connectivity index (χ2n) is 8.65. The van der Waals surface area contributed by atoms with Crippen molar-refractivity contribution >= 4 is 49.9 Å². The second kappa shape index (κ2) is 15.6. The lowest BCUT2D eigenvalue weighted by molar-refractivity contribution is -0.174. The third-order valence-electron chi connectivity index (χ3n) is 5.13. The number of carbonyl (C=O) groups is 4. The summed E-state index contributed by atoms with van der Waals surface area (Å²) < 4.78 is 103. The second-order valence-corrected chi connectivity index (χ2v) is 11.0. The maximum absolute atomic E-state index is 13.4. The number of alkyl halides is 3. The standard InChI is InChI=1S/C23H27BrF3NO13S/c1-12(29)38-9-16-7-15(39-13(2)30)8-20(40-16)28-19(31)10-36-3-4-37-11-21(32)41-22-17(23(25,26)27)5-14(24)6-18(22)42(33,34)35/h5-6,15-16,20H,3-4,7-11H2,1-2H3,(H,28,31)(H,33,34,35). The molecule has 3 atom stereocenters. The Morgan fingerprint density at radius 3 is 2.29 bits per heavy atom. The van der Waals surface area contributed by atoms with Gasteiger partial charge < -0.3 is 33.7 Å². The van der Waals surface area contributed by atoms with Crippen molar-refractivity contribution < 1.29 is 73.7 Å². The minimum atomic E-state index is -5.21. The highest BCUT2D eigenvalue weighted by Crippen LogP contribution is 2.42. The topological polar surface area (TPSA) is 190 Å². The van der Waals surface area contributed by atoms with Gasteiger partial charge >= 0.3 is 24.1 Å². The van der Waals surface area contributed by atoms with E-state index in [-0.39, 0.29) is 37.1 Å². The average molecular weight is 694 g/mol. The van der Waals surface area contributed by atoms with Crippen molar-refractivity contribution in [3.63, 3.8) is 0 Å². The van der Waals surface area contributed by atoms with E-state index in [4.69, 9.17) is 23.7 Å². The molecule has 0 spiro atoms. The first-order valence-electron chi connectivity index (χ1n) is 12.0. The molecule has 236 valence electrons. The third kappa shape index (κ3) is 12.2. The summed E-state index contributed by atoms with van der Waals surface area (Å²) in [6.45, 7) is 0.320. The van der Waals surface area contributed by atoms with E-state index in [0.717, 1.165) is 0 Å². The molecule has 1 aromatic carbocycles. The fourth-order valence-corrected chi connectivity index (χ4v) is 4.86. The molecule has 1 aliphatic heterocycles. The number of carbonyl (C=O) groups excluding carboxylic acids is 4. The van der Waals surface area contributed by atoms with Crippen LogP contribution >= 0.6 is 15.9 Å². The molecular weight excluding hydrogens is 667 g/mol. The number of hydrogen-bond acceptors (Lipinski definition) is 12. The van der Waals surface area contributed by atoms with Crippen LogP contribution in [0.2, 0.25) is 0 Å². The normalized spacial score (nSPS) is 19.1. The molecule has 0 saturated carbocycles. The number of ether oxygens (including phenoxy) is 6. The Hall–Kier alpha value is -2.84. The van der Waals surface area contributed by atoms with Gasteiger partial charge in [0.05, 0.1) is 19.3 Å². The van der Waals surface area contributed by atoms with E-state index in [1.807, 2.05) is 0 Å². The van der Waals surface area contributed by atoms with Gasteiger partial charge in [0.1, 0.15) is 42.6 Å². The minimum absolute atomic E-state index is 0.119. The van der Waals surface area contributed by atoms with Gasteiger partial charge in [-0.15, -0.1) is 0 Å². The Kier molecular flexibility index (Phi) is 13.1. The van der Waals surface area contributed by atoms with Crippen LogP contribution in [0.3, 0.4) is 0 Å². The van der Waals surface area contributed by atoms with Gasteiger partial charge in [-0.1, -0.05) is 15.9 Å². The van der Waals surface area contributed by atoms with Crippen molar-refractivity contribution in [2.75, 3.05) is 33.0 Å². The van der Waals surface area contributed by atoms with Gasteiger partial charge in [0.15, 0.2) is 5.75 Å². The summed E-state index contributed by atoms with van der Waals surface area (Å²) in [5.74, 6) is -4.56. The molecule has 0 radical (unpaired) electrons. The maximum Gasteiger partial charge on any atom is 0.420 e. The summed E-state index contributed by atoms with van der Waals surface area (Å²) in [7, 11) is -5.21. The molecule has 0 bridgehead atoms. The van der Waals surface area contributed by atoms with Gasteiger partial charge in [-0.05, 0) is 12.1 Å². The van der Waals surface area contributed by atoms with Crippen molar-refractivity contribution in [2.24, 2.45) is 0 Å². The predicted octanol–water partition coefficient (Wildman–Crippen LogP) is 1.77. The summed E-state index contributed by atoms with van der Waals surface area (Å²) >= 11 is 2.70. The van der Waals surface area contributed by atoms with Crippen molar-refractivity contribution in [2.45, 2.75) is 56.2 Å². The van der Waals surface area contributed by atoms with E-state index in [0.29, 0.717) is 12.1 Å². The lowest BCUT2D eigenvalue weighted by Gasteiger charge is -2.34. The van der Waals surface area contributed by atoms with Crippen molar-refractivity contribution in [1.82, 2.24) is 5.32 Å². The van der Waals surface area contributed by atoms with Crippen LogP contribution in [0, 0.1) is 0 Å². The molecular formula is C23H27BrF3NO13S. The number of rotatable bonds is 13. The first kappa shape index (κ1) is 35.4. The lowest BCUT2D eigenvalue weighted by atomic mass is 10.0. The van der Waals surface area contributed by atoms with Crippen LogP contribution in [0.5, 0.6) is 5.75 Å². The molecule has 42 heavy (non-hydrogen) atoms. The summed E-state index contributed by atoms with van der Waals surface area (Å²) in [5.41, 5.74) is -1.63. The highest BCUT2D eigenvalue weighted by Gasteiger charge is 2.39. The SMILES string of the molecule is CC(=O)OCC1CC(OC(C)=O)CC(NC(=O)COCCOCC(=O)Oc2c(C(F)(F)F)cc(Br)cc2S(=O)(=O)O)O1. The van der Waals surface area contributed by atoms with Crippen LogP contribution in [0.4, 0.5) is 13.2 Å². The molecule has 1 heterocycles. The van der Waals surface area contributed by atoms with E-state index in [1.165, 1.54) is 13.8 Å². The van der Waals surface area contributed by atoms with Gasteiger partial charge in [0, 0.05) is 31.2 Å². The molecule has 1 aromatic rings. The van der Waals surface area contributed by atoms with Crippen LogP contribution in [0.15, 0.2) is 21.5 Å². The number of esters is 3. The molecule has 1 amide bonds. The zero-order chi connectivity index (χ0) is 31.7. The highest BCUT2D eigenvalue weighted by atomic mass is 79.9. The van der Waals surface area contributed by atoms with Gasteiger partial charge in [0.2, 0.25) is 5.91 Å². The molecule has 19 heteroatoms. The summed E-state index contributed by atoms with van der Waals surface area (Å²) in [6, 6.07) is 1.09. The molecule has 0 aromatic heterocycles. The van der Waals surface area contributed by atoms with Crippen LogP contribution < -0.4 is 10.1 Å². The van der Waals surface area contributed by atoms with Gasteiger partial charge in [-0.25, -0.2) is 4.79 Å². The summed E-state index contributed by atoms with van der Waals surface area (Å²) in [4.78, 5) is 45.4. The maximum atomic E-state index is 13.4. The zero-order valence-corrected chi connectivity index (χ0v) is 24.5. The van der Waals surface area contributed by atoms with Gasteiger partial charge in [0.25, 0.3) is 10.1 Å². The van der Waals surface area contributed by atoms with Crippen molar-refractivity contribution in [3.8, 4) is 5.75 Å². The quantitative estimate of drug-likeness (QED) is 0.132.